The van der Waals surface area contributed by atoms with Crippen LogP contribution in [0.15, 0.2) is 39.5 Å². The summed E-state index contributed by atoms with van der Waals surface area (Å²) in [6.45, 7) is 0.845. The molecule has 0 unspecified atom stereocenters. The number of fused-ring (bicyclic) bond motifs is 1. The summed E-state index contributed by atoms with van der Waals surface area (Å²) in [4.78, 5) is 13.7. The third-order valence-electron chi connectivity index (χ3n) is 7.50. The zero-order valence-corrected chi connectivity index (χ0v) is 23.3. The lowest BCUT2D eigenvalue weighted by Crippen LogP contribution is -2.61. The average Bonchev–Trinajstić information content (AvgIpc) is 2.98. The SMILES string of the molecule is COc1cc(-c2oc3cc(O)cc(O)c3c(=O)c2O[C@H]2O[C@H](CO[C@H]3O[C@H](C)[C@@H](O)[C@@H](O)[C@@H]3O)[C@@H](O)[C@@H](O)[C@H]2O)ccc1O. The zero-order valence-electron chi connectivity index (χ0n) is 23.3. The second-order valence-electron chi connectivity index (χ2n) is 10.5. The number of ether oxygens (including phenoxy) is 5. The smallest absolute Gasteiger partial charge is 0.239 e. The van der Waals surface area contributed by atoms with Crippen molar-refractivity contribution in [2.24, 2.45) is 0 Å². The van der Waals surface area contributed by atoms with E-state index >= 15 is 0 Å². The minimum absolute atomic E-state index is 0.0151. The van der Waals surface area contributed by atoms with Gasteiger partial charge in [-0.15, -0.1) is 0 Å². The van der Waals surface area contributed by atoms with E-state index in [9.17, 15) is 50.8 Å². The van der Waals surface area contributed by atoms with Gasteiger partial charge in [-0.2, -0.15) is 0 Å². The highest BCUT2D eigenvalue weighted by Crippen LogP contribution is 2.39. The van der Waals surface area contributed by atoms with Gasteiger partial charge >= 0.3 is 0 Å². The number of aliphatic hydroxyl groups excluding tert-OH is 6. The Bertz CT molecular complexity index is 1560. The number of aromatic hydroxyl groups is 3. The topological polar surface area (TPSA) is 258 Å². The monoisotopic (exact) mass is 624 g/mol. The molecule has 2 aliphatic rings. The first-order valence-electron chi connectivity index (χ1n) is 13.4. The molecule has 3 aromatic rings. The van der Waals surface area contributed by atoms with Crippen LogP contribution >= 0.6 is 0 Å². The second kappa shape index (κ2) is 12.4. The van der Waals surface area contributed by atoms with Gasteiger partial charge in [0.15, 0.2) is 23.5 Å². The summed E-state index contributed by atoms with van der Waals surface area (Å²) in [5.41, 5.74) is -1.11. The van der Waals surface area contributed by atoms with Crippen molar-refractivity contribution in [3.8, 4) is 40.1 Å². The molecule has 0 radical (unpaired) electrons. The first kappa shape index (κ1) is 31.7. The predicted octanol–water partition coefficient (Wildman–Crippen LogP) is -1.38. The van der Waals surface area contributed by atoms with Crippen LogP contribution in [0.25, 0.3) is 22.3 Å². The van der Waals surface area contributed by atoms with Gasteiger partial charge in [-0.3, -0.25) is 4.79 Å². The first-order valence-corrected chi connectivity index (χ1v) is 13.4. The fourth-order valence-corrected chi connectivity index (χ4v) is 4.99. The number of benzene rings is 2. The highest BCUT2D eigenvalue weighted by molar-refractivity contribution is 5.88. The Morgan fingerprint density at radius 1 is 0.795 bits per heavy atom. The van der Waals surface area contributed by atoms with Gasteiger partial charge < -0.3 is 74.1 Å². The molecule has 1 aromatic heterocycles. The van der Waals surface area contributed by atoms with E-state index in [2.05, 4.69) is 0 Å². The number of aliphatic hydroxyl groups is 6. The van der Waals surface area contributed by atoms with Crippen molar-refractivity contribution >= 4 is 11.0 Å². The van der Waals surface area contributed by atoms with Crippen LogP contribution in [0.5, 0.6) is 28.7 Å². The van der Waals surface area contributed by atoms with Gasteiger partial charge in [-0.05, 0) is 25.1 Å². The van der Waals surface area contributed by atoms with Crippen molar-refractivity contribution < 1.29 is 74.1 Å². The van der Waals surface area contributed by atoms with Gasteiger partial charge in [0, 0.05) is 17.7 Å². The van der Waals surface area contributed by atoms with E-state index in [1.807, 2.05) is 0 Å². The fourth-order valence-electron chi connectivity index (χ4n) is 4.99. The van der Waals surface area contributed by atoms with Crippen LogP contribution in [0.3, 0.4) is 0 Å². The number of methoxy groups -OCH3 is 1. The fraction of sp³-hybridized carbons (Fsp3) is 0.464. The van der Waals surface area contributed by atoms with Crippen molar-refractivity contribution in [1.82, 2.24) is 0 Å². The highest BCUT2D eigenvalue weighted by atomic mass is 16.7. The molecule has 16 heteroatoms. The van der Waals surface area contributed by atoms with Gasteiger partial charge in [0.25, 0.3) is 0 Å². The van der Waals surface area contributed by atoms with Gasteiger partial charge in [-0.1, -0.05) is 0 Å². The molecule has 2 saturated heterocycles. The quantitative estimate of drug-likeness (QED) is 0.147. The largest absolute Gasteiger partial charge is 0.508 e. The molecule has 240 valence electrons. The highest BCUT2D eigenvalue weighted by Gasteiger charge is 2.47. The Labute approximate surface area is 248 Å². The van der Waals surface area contributed by atoms with Crippen LogP contribution in [0.1, 0.15) is 6.92 Å². The minimum atomic E-state index is -1.94. The summed E-state index contributed by atoms with van der Waals surface area (Å²) in [5.74, 6) is -2.28. The lowest BCUT2D eigenvalue weighted by Gasteiger charge is -2.42. The van der Waals surface area contributed by atoms with Crippen LogP contribution < -0.4 is 14.9 Å². The lowest BCUT2D eigenvalue weighted by atomic mass is 9.98. The molecule has 0 aliphatic carbocycles. The maximum Gasteiger partial charge on any atom is 0.239 e. The standard InChI is InChI=1S/C28H32O16/c1-9-18(32)21(35)23(37)27(41-9)40-8-16-19(33)22(36)24(38)28(43-16)44-26-20(34)17-13(31)6-11(29)7-15(17)42-25(26)10-3-4-12(30)14(5-10)39-2/h3-7,9,16,18-19,21-24,27-33,35-38H,8H2,1-2H3/t9-,16-,18-,19-,21-,22-,23+,24-,27+,28-/m1/s1. The molecular weight excluding hydrogens is 592 g/mol. The molecular formula is C28H32O16. The van der Waals surface area contributed by atoms with E-state index in [4.69, 9.17) is 28.1 Å². The van der Waals surface area contributed by atoms with E-state index in [-0.39, 0.29) is 28.4 Å². The minimum Gasteiger partial charge on any atom is -0.508 e. The Balaban J connectivity index is 1.49. The first-order chi connectivity index (χ1) is 20.8. The summed E-state index contributed by atoms with van der Waals surface area (Å²) in [7, 11) is 1.28. The number of hydrogen-bond acceptors (Lipinski definition) is 16. The molecule has 44 heavy (non-hydrogen) atoms. The Morgan fingerprint density at radius 3 is 2.18 bits per heavy atom. The van der Waals surface area contributed by atoms with E-state index in [0.29, 0.717) is 0 Å². The number of phenols is 3. The molecule has 0 saturated carbocycles. The van der Waals surface area contributed by atoms with Crippen molar-refractivity contribution in [2.75, 3.05) is 13.7 Å². The molecule has 2 fully saturated rings. The van der Waals surface area contributed by atoms with Gasteiger partial charge in [0.05, 0.1) is 19.8 Å². The third kappa shape index (κ3) is 5.74. The molecule has 9 N–H and O–H groups in total. The second-order valence-corrected chi connectivity index (χ2v) is 10.5. The molecule has 10 atom stereocenters. The lowest BCUT2D eigenvalue weighted by molar-refractivity contribution is -0.318. The van der Waals surface area contributed by atoms with Crippen LogP contribution in [0, 0.1) is 0 Å². The van der Waals surface area contributed by atoms with Crippen LogP contribution in [-0.2, 0) is 14.2 Å². The molecule has 5 rings (SSSR count). The molecule has 2 aromatic carbocycles. The van der Waals surface area contributed by atoms with Crippen LogP contribution in [0.2, 0.25) is 0 Å². The summed E-state index contributed by atoms with van der Waals surface area (Å²) in [5, 5.41) is 92.1. The van der Waals surface area contributed by atoms with Crippen molar-refractivity contribution in [3.05, 3.63) is 40.6 Å². The average molecular weight is 625 g/mol. The summed E-state index contributed by atoms with van der Waals surface area (Å²) >= 11 is 0. The summed E-state index contributed by atoms with van der Waals surface area (Å²) in [6, 6.07) is 5.83. The summed E-state index contributed by atoms with van der Waals surface area (Å²) < 4.78 is 33.2. The maximum absolute atomic E-state index is 13.7. The predicted molar refractivity (Wildman–Crippen MR) is 145 cm³/mol. The van der Waals surface area contributed by atoms with Gasteiger partial charge in [0.1, 0.15) is 65.2 Å². The Hall–Kier alpha value is -3.71. The Morgan fingerprint density at radius 2 is 1.48 bits per heavy atom. The number of hydrogen-bond donors (Lipinski definition) is 9. The van der Waals surface area contributed by atoms with Crippen molar-refractivity contribution in [1.29, 1.82) is 0 Å². The Kier molecular flexibility index (Phi) is 8.90. The molecule has 0 spiro atoms. The zero-order chi connectivity index (χ0) is 32.0. The molecule has 3 heterocycles. The van der Waals surface area contributed by atoms with Gasteiger partial charge in [0.2, 0.25) is 17.5 Å². The van der Waals surface area contributed by atoms with Gasteiger partial charge in [-0.25, -0.2) is 0 Å². The van der Waals surface area contributed by atoms with E-state index in [1.54, 1.807) is 0 Å². The summed E-state index contributed by atoms with van der Waals surface area (Å²) in [6.07, 6.45) is -16.0. The van der Waals surface area contributed by atoms with E-state index in [0.717, 1.165) is 12.1 Å². The van der Waals surface area contributed by atoms with E-state index < -0.39 is 96.1 Å². The van der Waals surface area contributed by atoms with E-state index in [1.165, 1.54) is 32.2 Å². The number of phenolic OH excluding ortho intramolecular Hbond substituents is 3. The maximum atomic E-state index is 13.7. The van der Waals surface area contributed by atoms with Crippen LogP contribution in [-0.4, -0.2) is 121 Å². The van der Waals surface area contributed by atoms with Crippen molar-refractivity contribution in [2.45, 2.75) is 68.3 Å². The number of rotatable bonds is 7. The normalized spacial score (nSPS) is 32.5. The molecule has 2 aliphatic heterocycles. The van der Waals surface area contributed by atoms with Crippen molar-refractivity contribution in [3.63, 3.8) is 0 Å². The molecule has 0 amide bonds. The molecule has 0 bridgehead atoms. The molecule has 16 nitrogen and oxygen atoms in total. The van der Waals surface area contributed by atoms with Crippen LogP contribution in [0.4, 0.5) is 0 Å². The third-order valence-corrected chi connectivity index (χ3v) is 7.50.